The van der Waals surface area contributed by atoms with Crippen molar-refractivity contribution in [2.24, 2.45) is 0 Å². The number of aromatic nitrogens is 1. The molecular weight excluding hydrogens is 348 g/mol. The van der Waals surface area contributed by atoms with Gasteiger partial charge in [0.2, 0.25) is 0 Å². The van der Waals surface area contributed by atoms with Crippen molar-refractivity contribution in [2.45, 2.75) is 10.6 Å². The molecule has 0 radical (unpaired) electrons. The molecule has 3 aromatic rings. The Labute approximate surface area is 155 Å². The number of carbonyl (C=O) groups is 2. The Morgan fingerprint density at radius 3 is 2.38 bits per heavy atom. The predicted octanol–water partition coefficient (Wildman–Crippen LogP) is 3.90. The molecule has 0 saturated heterocycles. The van der Waals surface area contributed by atoms with Gasteiger partial charge in [-0.2, -0.15) is 0 Å². The third kappa shape index (κ3) is 4.70. The van der Waals surface area contributed by atoms with Gasteiger partial charge in [-0.3, -0.25) is 14.6 Å². The number of amides is 1. The van der Waals surface area contributed by atoms with Crippen molar-refractivity contribution in [3.63, 3.8) is 0 Å². The number of benzene rings is 2. The molecule has 0 fully saturated rings. The van der Waals surface area contributed by atoms with Crippen LogP contribution < -0.4 is 5.32 Å². The molecular formula is C20H16N2O3S. The first-order chi connectivity index (χ1) is 12.6. The van der Waals surface area contributed by atoms with Crippen LogP contribution in [0.15, 0.2) is 78.0 Å². The summed E-state index contributed by atoms with van der Waals surface area (Å²) in [5.41, 5.74) is 1.91. The number of phenolic OH excluding ortho intramolecular Hbond substituents is 1. The van der Waals surface area contributed by atoms with Crippen LogP contribution in [0.4, 0.5) is 5.69 Å². The highest BCUT2D eigenvalue weighted by Gasteiger charge is 2.16. The number of thioether (sulfide) groups is 1. The number of phenols is 1. The largest absolute Gasteiger partial charge is 0.508 e. The van der Waals surface area contributed by atoms with E-state index in [-0.39, 0.29) is 11.3 Å². The van der Waals surface area contributed by atoms with Gasteiger partial charge in [-0.25, -0.2) is 0 Å². The monoisotopic (exact) mass is 364 g/mol. The van der Waals surface area contributed by atoms with E-state index in [1.54, 1.807) is 30.1 Å². The standard InChI is InChI=1S/C20H16N2O3S/c23-17-7-3-15(4-8-17)19(24)20(25)22-16-5-9-18(10-6-16)26-13-14-2-1-11-21-12-14/h1-12,23H,13H2,(H,22,25). The van der Waals surface area contributed by atoms with Gasteiger partial charge >= 0.3 is 0 Å². The minimum Gasteiger partial charge on any atom is -0.508 e. The summed E-state index contributed by atoms with van der Waals surface area (Å²) in [5.74, 6) is -0.522. The lowest BCUT2D eigenvalue weighted by Gasteiger charge is -2.06. The molecule has 0 atom stereocenters. The molecule has 0 spiro atoms. The maximum Gasteiger partial charge on any atom is 0.296 e. The van der Waals surface area contributed by atoms with E-state index >= 15 is 0 Å². The first kappa shape index (κ1) is 17.7. The second-order valence-corrected chi connectivity index (χ2v) is 6.55. The highest BCUT2D eigenvalue weighted by molar-refractivity contribution is 7.98. The maximum atomic E-state index is 12.1. The van der Waals surface area contributed by atoms with Crippen LogP contribution in [0.1, 0.15) is 15.9 Å². The summed E-state index contributed by atoms with van der Waals surface area (Å²) in [7, 11) is 0. The lowest BCUT2D eigenvalue weighted by molar-refractivity contribution is -0.112. The van der Waals surface area contributed by atoms with Crippen molar-refractivity contribution < 1.29 is 14.7 Å². The van der Waals surface area contributed by atoms with E-state index in [1.165, 1.54) is 24.3 Å². The van der Waals surface area contributed by atoms with Crippen LogP contribution in [0, 0.1) is 0 Å². The minimum absolute atomic E-state index is 0.0429. The number of nitrogens with one attached hydrogen (secondary N) is 1. The van der Waals surface area contributed by atoms with Crippen LogP contribution >= 0.6 is 11.8 Å². The smallest absolute Gasteiger partial charge is 0.296 e. The Balaban J connectivity index is 1.57. The number of anilines is 1. The van der Waals surface area contributed by atoms with Gasteiger partial charge in [0.15, 0.2) is 0 Å². The summed E-state index contributed by atoms with van der Waals surface area (Å²) in [6, 6.07) is 16.8. The van der Waals surface area contributed by atoms with Gasteiger partial charge in [-0.15, -0.1) is 11.8 Å². The first-order valence-electron chi connectivity index (χ1n) is 7.88. The van der Waals surface area contributed by atoms with Gasteiger partial charge < -0.3 is 10.4 Å². The Morgan fingerprint density at radius 2 is 1.73 bits per heavy atom. The number of hydrogen-bond donors (Lipinski definition) is 2. The number of pyridine rings is 1. The van der Waals surface area contributed by atoms with E-state index < -0.39 is 11.7 Å². The van der Waals surface area contributed by atoms with Crippen molar-refractivity contribution in [3.05, 3.63) is 84.2 Å². The summed E-state index contributed by atoms with van der Waals surface area (Å²) < 4.78 is 0. The molecule has 2 N–H and O–H groups in total. The molecule has 1 amide bonds. The average Bonchev–Trinajstić information content (AvgIpc) is 2.68. The number of ketones is 1. The highest BCUT2D eigenvalue weighted by Crippen LogP contribution is 2.24. The van der Waals surface area contributed by atoms with Gasteiger partial charge in [0.1, 0.15) is 5.75 Å². The number of hydrogen-bond acceptors (Lipinski definition) is 5. The van der Waals surface area contributed by atoms with E-state index in [1.807, 2.05) is 30.5 Å². The SMILES string of the molecule is O=C(Nc1ccc(SCc2cccnc2)cc1)C(=O)c1ccc(O)cc1. The van der Waals surface area contributed by atoms with Crippen molar-refractivity contribution in [3.8, 4) is 5.75 Å². The van der Waals surface area contributed by atoms with Gasteiger partial charge in [0, 0.05) is 34.3 Å². The van der Waals surface area contributed by atoms with Crippen LogP contribution in [0.3, 0.4) is 0 Å². The zero-order valence-corrected chi connectivity index (χ0v) is 14.6. The maximum absolute atomic E-state index is 12.1. The summed E-state index contributed by atoms with van der Waals surface area (Å²) in [5, 5.41) is 11.8. The fourth-order valence-corrected chi connectivity index (χ4v) is 3.05. The quantitative estimate of drug-likeness (QED) is 0.394. The van der Waals surface area contributed by atoms with Crippen LogP contribution in [-0.2, 0) is 10.5 Å². The van der Waals surface area contributed by atoms with Crippen molar-refractivity contribution in [1.29, 1.82) is 0 Å². The van der Waals surface area contributed by atoms with Crippen LogP contribution in [0.5, 0.6) is 5.75 Å². The molecule has 5 nitrogen and oxygen atoms in total. The highest BCUT2D eigenvalue weighted by atomic mass is 32.2. The zero-order valence-electron chi connectivity index (χ0n) is 13.8. The van der Waals surface area contributed by atoms with Gasteiger partial charge in [0.25, 0.3) is 11.7 Å². The predicted molar refractivity (Wildman–Crippen MR) is 101 cm³/mol. The number of Topliss-reactive ketones (excluding diaryl/α,β-unsaturated/α-hetero) is 1. The minimum atomic E-state index is -0.716. The van der Waals surface area contributed by atoms with Gasteiger partial charge in [0.05, 0.1) is 0 Å². The van der Waals surface area contributed by atoms with Crippen LogP contribution in [0.25, 0.3) is 0 Å². The summed E-state index contributed by atoms with van der Waals surface area (Å²) in [6.07, 6.45) is 3.57. The van der Waals surface area contributed by atoms with E-state index in [0.717, 1.165) is 16.2 Å². The molecule has 6 heteroatoms. The lowest BCUT2D eigenvalue weighted by atomic mass is 10.1. The molecule has 26 heavy (non-hydrogen) atoms. The number of nitrogens with zero attached hydrogens (tertiary/aromatic N) is 1. The van der Waals surface area contributed by atoms with E-state index in [2.05, 4.69) is 10.3 Å². The van der Waals surface area contributed by atoms with Crippen molar-refractivity contribution >= 4 is 29.1 Å². The molecule has 2 aromatic carbocycles. The second kappa shape index (κ2) is 8.31. The lowest BCUT2D eigenvalue weighted by Crippen LogP contribution is -2.22. The van der Waals surface area contributed by atoms with E-state index in [9.17, 15) is 14.7 Å². The molecule has 0 unspecified atom stereocenters. The topological polar surface area (TPSA) is 79.3 Å². The van der Waals surface area contributed by atoms with E-state index in [4.69, 9.17) is 0 Å². The molecule has 130 valence electrons. The Hall–Kier alpha value is -3.12. The van der Waals surface area contributed by atoms with Crippen molar-refractivity contribution in [2.75, 3.05) is 5.32 Å². The van der Waals surface area contributed by atoms with Crippen molar-refractivity contribution in [1.82, 2.24) is 4.98 Å². The molecule has 0 bridgehead atoms. The average molecular weight is 364 g/mol. The van der Waals surface area contributed by atoms with Crippen LogP contribution in [-0.4, -0.2) is 21.8 Å². The van der Waals surface area contributed by atoms with Gasteiger partial charge in [-0.05, 0) is 60.2 Å². The number of rotatable bonds is 6. The fraction of sp³-hybridized carbons (Fsp3) is 0.0500. The van der Waals surface area contributed by atoms with Gasteiger partial charge in [-0.1, -0.05) is 6.07 Å². The Kier molecular flexibility index (Phi) is 5.66. The molecule has 0 aliphatic carbocycles. The molecule has 1 heterocycles. The normalized spacial score (nSPS) is 10.3. The fourth-order valence-electron chi connectivity index (χ4n) is 2.22. The molecule has 0 saturated carbocycles. The Morgan fingerprint density at radius 1 is 1.00 bits per heavy atom. The third-order valence-electron chi connectivity index (χ3n) is 3.58. The second-order valence-electron chi connectivity index (χ2n) is 5.50. The van der Waals surface area contributed by atoms with E-state index in [0.29, 0.717) is 5.69 Å². The molecule has 1 aromatic heterocycles. The molecule has 3 rings (SSSR count). The number of aromatic hydroxyl groups is 1. The molecule has 0 aliphatic rings. The summed E-state index contributed by atoms with van der Waals surface area (Å²) in [6.45, 7) is 0. The Bertz CT molecular complexity index is 895. The summed E-state index contributed by atoms with van der Waals surface area (Å²) >= 11 is 1.66. The summed E-state index contributed by atoms with van der Waals surface area (Å²) in [4.78, 5) is 29.3. The third-order valence-corrected chi connectivity index (χ3v) is 4.66. The molecule has 0 aliphatic heterocycles. The first-order valence-corrected chi connectivity index (χ1v) is 8.87. The van der Waals surface area contributed by atoms with Crippen LogP contribution in [0.2, 0.25) is 0 Å². The number of carbonyl (C=O) groups excluding carboxylic acids is 2. The zero-order chi connectivity index (χ0) is 18.4.